The second-order valence-corrected chi connectivity index (χ2v) is 7.86. The molecule has 9 heteroatoms. The number of halogens is 1. The molecule has 2 amide bonds. The lowest BCUT2D eigenvalue weighted by Gasteiger charge is -2.25. The highest BCUT2D eigenvalue weighted by Crippen LogP contribution is 2.20. The summed E-state index contributed by atoms with van der Waals surface area (Å²) in [5.41, 5.74) is 1.93. The van der Waals surface area contributed by atoms with Gasteiger partial charge in [-0.3, -0.25) is 14.9 Å². The van der Waals surface area contributed by atoms with Crippen molar-refractivity contribution in [1.29, 1.82) is 0 Å². The van der Waals surface area contributed by atoms with Crippen LogP contribution >= 0.6 is 11.3 Å². The molecule has 0 aliphatic carbocycles. The van der Waals surface area contributed by atoms with E-state index >= 15 is 0 Å². The van der Waals surface area contributed by atoms with Crippen molar-refractivity contribution in [3.05, 3.63) is 70.4 Å². The van der Waals surface area contributed by atoms with Gasteiger partial charge in [0.05, 0.1) is 30.0 Å². The van der Waals surface area contributed by atoms with Crippen molar-refractivity contribution in [2.24, 2.45) is 0 Å². The van der Waals surface area contributed by atoms with Crippen molar-refractivity contribution >= 4 is 28.3 Å². The molecule has 0 saturated carbocycles. The third-order valence-corrected chi connectivity index (χ3v) is 5.39. The number of carbonyl (C=O) groups excluding carboxylic acids is 2. The zero-order valence-electron chi connectivity index (χ0n) is 16.9. The zero-order chi connectivity index (χ0) is 21.7. The number of amides is 2. The number of furan rings is 1. The number of nitrogens with zero attached hydrogens (tertiary/aromatic N) is 2. The lowest BCUT2D eigenvalue weighted by Crippen LogP contribution is -2.35. The van der Waals surface area contributed by atoms with Gasteiger partial charge in [-0.05, 0) is 44.8 Å². The van der Waals surface area contributed by atoms with Crippen molar-refractivity contribution in [2.45, 2.75) is 19.4 Å². The number of nitrogens with one attached hydrogen (secondary N) is 2. The SMILES string of the molecule is Cc1occc1C(=O)Nc1nc(CC(=O)NCC(c2ccc(F)cc2)N(C)C)cs1. The summed E-state index contributed by atoms with van der Waals surface area (Å²) >= 11 is 1.25. The smallest absolute Gasteiger partial charge is 0.260 e. The molecule has 0 radical (unpaired) electrons. The molecule has 2 N–H and O–H groups in total. The summed E-state index contributed by atoms with van der Waals surface area (Å²) in [6, 6.07) is 7.74. The number of likely N-dealkylation sites (N-methyl/N-ethyl adjacent to an activating group) is 1. The van der Waals surface area contributed by atoms with E-state index in [-0.39, 0.29) is 30.1 Å². The molecule has 158 valence electrons. The number of hydrogen-bond donors (Lipinski definition) is 2. The van der Waals surface area contributed by atoms with E-state index in [9.17, 15) is 14.0 Å². The summed E-state index contributed by atoms with van der Waals surface area (Å²) < 4.78 is 18.3. The average molecular weight is 431 g/mol. The molecule has 0 aliphatic rings. The molecule has 0 fully saturated rings. The van der Waals surface area contributed by atoms with Gasteiger partial charge in [0.25, 0.3) is 5.91 Å². The number of aryl methyl sites for hydroxylation is 1. The Kier molecular flexibility index (Phi) is 6.96. The van der Waals surface area contributed by atoms with Gasteiger partial charge >= 0.3 is 0 Å². The lowest BCUT2D eigenvalue weighted by molar-refractivity contribution is -0.120. The van der Waals surface area contributed by atoms with Gasteiger partial charge in [0.2, 0.25) is 5.91 Å². The van der Waals surface area contributed by atoms with Gasteiger partial charge in [-0.15, -0.1) is 11.3 Å². The first kappa shape index (κ1) is 21.7. The van der Waals surface area contributed by atoms with E-state index in [0.717, 1.165) is 5.56 Å². The average Bonchev–Trinajstić information content (AvgIpc) is 3.31. The molecule has 2 heterocycles. The molecule has 0 saturated heterocycles. The lowest BCUT2D eigenvalue weighted by atomic mass is 10.1. The van der Waals surface area contributed by atoms with E-state index < -0.39 is 0 Å². The molecule has 3 aromatic rings. The number of carbonyl (C=O) groups is 2. The Bertz CT molecular complexity index is 1010. The Morgan fingerprint density at radius 2 is 1.97 bits per heavy atom. The van der Waals surface area contributed by atoms with Crippen molar-refractivity contribution in [2.75, 3.05) is 26.0 Å². The van der Waals surface area contributed by atoms with Gasteiger partial charge < -0.3 is 14.6 Å². The van der Waals surface area contributed by atoms with Crippen LogP contribution in [-0.2, 0) is 11.2 Å². The molecule has 0 bridgehead atoms. The fraction of sp³-hybridized carbons (Fsp3) is 0.286. The quantitative estimate of drug-likeness (QED) is 0.572. The number of rotatable bonds is 8. The summed E-state index contributed by atoms with van der Waals surface area (Å²) in [6.07, 6.45) is 1.55. The minimum absolute atomic E-state index is 0.0852. The maximum Gasteiger partial charge on any atom is 0.260 e. The first-order chi connectivity index (χ1) is 14.3. The van der Waals surface area contributed by atoms with Gasteiger partial charge in [0.15, 0.2) is 5.13 Å². The number of benzene rings is 1. The number of thiazole rings is 1. The van der Waals surface area contributed by atoms with Crippen LogP contribution < -0.4 is 10.6 Å². The van der Waals surface area contributed by atoms with E-state index in [0.29, 0.717) is 28.7 Å². The van der Waals surface area contributed by atoms with E-state index in [4.69, 9.17) is 4.42 Å². The third kappa shape index (κ3) is 5.52. The summed E-state index contributed by atoms with van der Waals surface area (Å²) in [6.45, 7) is 2.09. The molecule has 7 nitrogen and oxygen atoms in total. The minimum Gasteiger partial charge on any atom is -0.469 e. The molecule has 1 unspecified atom stereocenters. The van der Waals surface area contributed by atoms with E-state index in [1.807, 2.05) is 19.0 Å². The number of hydrogen-bond acceptors (Lipinski definition) is 6. The third-order valence-electron chi connectivity index (χ3n) is 4.59. The van der Waals surface area contributed by atoms with Crippen molar-refractivity contribution in [3.63, 3.8) is 0 Å². The monoisotopic (exact) mass is 430 g/mol. The first-order valence-electron chi connectivity index (χ1n) is 9.32. The van der Waals surface area contributed by atoms with Crippen molar-refractivity contribution < 1.29 is 18.4 Å². The van der Waals surface area contributed by atoms with Gasteiger partial charge in [-0.25, -0.2) is 9.37 Å². The van der Waals surface area contributed by atoms with Gasteiger partial charge in [0, 0.05) is 11.9 Å². The van der Waals surface area contributed by atoms with Crippen LogP contribution in [0.1, 0.15) is 33.4 Å². The zero-order valence-corrected chi connectivity index (χ0v) is 17.8. The van der Waals surface area contributed by atoms with Gasteiger partial charge in [-0.1, -0.05) is 12.1 Å². The summed E-state index contributed by atoms with van der Waals surface area (Å²) in [5.74, 6) is -0.257. The highest BCUT2D eigenvalue weighted by molar-refractivity contribution is 7.14. The van der Waals surface area contributed by atoms with E-state index in [1.54, 1.807) is 30.5 Å². The number of aromatic nitrogens is 1. The summed E-state index contributed by atoms with van der Waals surface area (Å²) in [4.78, 5) is 30.8. The van der Waals surface area contributed by atoms with Gasteiger partial charge in [-0.2, -0.15) is 0 Å². The highest BCUT2D eigenvalue weighted by Gasteiger charge is 2.17. The Morgan fingerprint density at radius 3 is 2.60 bits per heavy atom. The Hall–Kier alpha value is -3.04. The predicted octanol–water partition coefficient (Wildman–Crippen LogP) is 3.40. The summed E-state index contributed by atoms with van der Waals surface area (Å²) in [5, 5.41) is 7.76. The molecule has 2 aromatic heterocycles. The molecule has 0 spiro atoms. The normalized spacial score (nSPS) is 12.0. The first-order valence-corrected chi connectivity index (χ1v) is 10.2. The summed E-state index contributed by atoms with van der Waals surface area (Å²) in [7, 11) is 3.80. The Balaban J connectivity index is 1.54. The molecular formula is C21H23FN4O3S. The molecular weight excluding hydrogens is 407 g/mol. The van der Waals surface area contributed by atoms with Crippen LogP contribution in [0.5, 0.6) is 0 Å². The highest BCUT2D eigenvalue weighted by atomic mass is 32.1. The number of anilines is 1. The van der Waals surface area contributed by atoms with Crippen LogP contribution in [0, 0.1) is 12.7 Å². The maximum absolute atomic E-state index is 13.2. The Labute approximate surface area is 177 Å². The fourth-order valence-corrected chi connectivity index (χ4v) is 3.66. The molecule has 30 heavy (non-hydrogen) atoms. The topological polar surface area (TPSA) is 87.5 Å². The van der Waals surface area contributed by atoms with Crippen LogP contribution in [-0.4, -0.2) is 42.3 Å². The molecule has 1 aromatic carbocycles. The van der Waals surface area contributed by atoms with Crippen molar-refractivity contribution in [1.82, 2.24) is 15.2 Å². The molecule has 1 atom stereocenters. The van der Waals surface area contributed by atoms with E-state index in [1.165, 1.54) is 29.7 Å². The second kappa shape index (κ2) is 9.64. The van der Waals surface area contributed by atoms with Gasteiger partial charge in [0.1, 0.15) is 11.6 Å². The molecule has 0 aliphatic heterocycles. The van der Waals surface area contributed by atoms with Crippen LogP contribution in [0.25, 0.3) is 0 Å². The minimum atomic E-state index is -0.306. The molecule has 3 rings (SSSR count). The van der Waals surface area contributed by atoms with Crippen molar-refractivity contribution in [3.8, 4) is 0 Å². The largest absolute Gasteiger partial charge is 0.469 e. The van der Waals surface area contributed by atoms with E-state index in [2.05, 4.69) is 15.6 Å². The van der Waals surface area contributed by atoms with Crippen LogP contribution in [0.2, 0.25) is 0 Å². The van der Waals surface area contributed by atoms with Crippen LogP contribution in [0.3, 0.4) is 0 Å². The maximum atomic E-state index is 13.2. The standard InChI is InChI=1S/C21H23FN4O3S/c1-13-17(8-9-29-13)20(28)25-21-24-16(12-30-21)10-19(27)23-11-18(26(2)3)14-4-6-15(22)7-5-14/h4-9,12,18H,10-11H2,1-3H3,(H,23,27)(H,24,25,28). The van der Waals surface area contributed by atoms with Crippen LogP contribution in [0.4, 0.5) is 9.52 Å². The fourth-order valence-electron chi connectivity index (χ4n) is 2.95. The second-order valence-electron chi connectivity index (χ2n) is 7.00. The predicted molar refractivity (Wildman–Crippen MR) is 113 cm³/mol. The van der Waals surface area contributed by atoms with Crippen LogP contribution in [0.15, 0.2) is 46.4 Å². The Morgan fingerprint density at radius 1 is 1.23 bits per heavy atom.